The predicted molar refractivity (Wildman–Crippen MR) is 220 cm³/mol. The maximum absolute atomic E-state index is 9.87. The lowest BCUT2D eigenvalue weighted by Crippen LogP contribution is -2.14. The molecule has 9 aromatic rings. The third-order valence-corrected chi connectivity index (χ3v) is 11.0. The average Bonchev–Trinajstić information content (AvgIpc) is 3.69. The van der Waals surface area contributed by atoms with Gasteiger partial charge in [0.1, 0.15) is 0 Å². The standard InChI is InChI=1S/C50H34N4/c1-50(2)41-22-11-9-20-39(41)47-42(50)24-25-46-48(47)40-21-10-12-23-45(40)54(46)38-28-36(35-19-13-14-32(26-35)31-51)27-37(29-38)44-30-43(33-15-5-3-6-16-33)52-49(53-44)34-17-7-4-8-18-34/h3-30H,1-2H3. The van der Waals surface area contributed by atoms with E-state index in [1.54, 1.807) is 0 Å². The number of hydrogen-bond acceptors (Lipinski definition) is 3. The monoisotopic (exact) mass is 690 g/mol. The third kappa shape index (κ3) is 4.98. The number of aromatic nitrogens is 3. The van der Waals surface area contributed by atoms with Crippen LogP contribution in [0.5, 0.6) is 0 Å². The Balaban J connectivity index is 1.28. The topological polar surface area (TPSA) is 54.5 Å². The van der Waals surface area contributed by atoms with Gasteiger partial charge in [0.2, 0.25) is 0 Å². The minimum atomic E-state index is -0.109. The molecule has 0 atom stereocenters. The third-order valence-electron chi connectivity index (χ3n) is 11.0. The smallest absolute Gasteiger partial charge is 0.160 e. The number of nitriles is 1. The second-order valence-electron chi connectivity index (χ2n) is 14.6. The number of para-hydroxylation sites is 1. The van der Waals surface area contributed by atoms with Gasteiger partial charge in [-0.2, -0.15) is 5.26 Å². The summed E-state index contributed by atoms with van der Waals surface area (Å²) in [4.78, 5) is 10.3. The SMILES string of the molecule is CC1(C)c2ccccc2-c2c1ccc1c2c2ccccc2n1-c1cc(-c2cccc(C#N)c2)cc(-c2cc(-c3ccccc3)nc(-c3ccccc3)n2)c1. The minimum Gasteiger partial charge on any atom is -0.309 e. The van der Waals surface area contributed by atoms with Gasteiger partial charge in [-0.3, -0.25) is 0 Å². The first-order valence-electron chi connectivity index (χ1n) is 18.3. The van der Waals surface area contributed by atoms with Crippen LogP contribution >= 0.6 is 0 Å². The van der Waals surface area contributed by atoms with Crippen molar-refractivity contribution in [2.75, 3.05) is 0 Å². The molecule has 0 amide bonds. The summed E-state index contributed by atoms with van der Waals surface area (Å²) in [5.74, 6) is 0.666. The summed E-state index contributed by atoms with van der Waals surface area (Å²) in [6.45, 7) is 4.67. The van der Waals surface area contributed by atoms with Crippen molar-refractivity contribution in [2.24, 2.45) is 0 Å². The molecule has 54 heavy (non-hydrogen) atoms. The molecule has 7 aromatic carbocycles. The van der Waals surface area contributed by atoms with Gasteiger partial charge in [-0.25, -0.2) is 9.97 Å². The van der Waals surface area contributed by atoms with Crippen molar-refractivity contribution in [2.45, 2.75) is 19.3 Å². The van der Waals surface area contributed by atoms with Crippen molar-refractivity contribution in [3.8, 4) is 67.9 Å². The van der Waals surface area contributed by atoms with Crippen LogP contribution in [0.4, 0.5) is 0 Å². The molecule has 0 radical (unpaired) electrons. The van der Waals surface area contributed by atoms with E-state index in [0.29, 0.717) is 11.4 Å². The number of hydrogen-bond donors (Lipinski definition) is 0. The molecule has 0 spiro atoms. The number of nitrogens with zero attached hydrogens (tertiary/aromatic N) is 4. The summed E-state index contributed by atoms with van der Waals surface area (Å²) in [5.41, 5.74) is 15.7. The number of rotatable bonds is 5. The van der Waals surface area contributed by atoms with Crippen LogP contribution in [0, 0.1) is 11.3 Å². The van der Waals surface area contributed by atoms with E-state index in [-0.39, 0.29) is 5.41 Å². The molecular formula is C50H34N4. The van der Waals surface area contributed by atoms with Crippen molar-refractivity contribution in [3.05, 3.63) is 187 Å². The minimum absolute atomic E-state index is 0.109. The van der Waals surface area contributed by atoms with Gasteiger partial charge in [0, 0.05) is 38.6 Å². The van der Waals surface area contributed by atoms with Crippen LogP contribution in [0.3, 0.4) is 0 Å². The molecule has 0 saturated heterocycles. The second-order valence-corrected chi connectivity index (χ2v) is 14.6. The summed E-state index contributed by atoms with van der Waals surface area (Å²) in [6.07, 6.45) is 0. The zero-order valence-electron chi connectivity index (χ0n) is 30.0. The summed E-state index contributed by atoms with van der Waals surface area (Å²) < 4.78 is 2.40. The van der Waals surface area contributed by atoms with Gasteiger partial charge in [-0.15, -0.1) is 0 Å². The Kier molecular flexibility index (Phi) is 7.18. The van der Waals surface area contributed by atoms with E-state index in [1.807, 2.05) is 54.6 Å². The summed E-state index contributed by atoms with van der Waals surface area (Å²) in [6, 6.07) is 61.6. The lowest BCUT2D eigenvalue weighted by Gasteiger charge is -2.21. The first kappa shape index (κ1) is 31.6. The molecule has 2 aromatic heterocycles. The van der Waals surface area contributed by atoms with Crippen LogP contribution in [-0.2, 0) is 5.41 Å². The van der Waals surface area contributed by atoms with Gasteiger partial charge >= 0.3 is 0 Å². The molecule has 0 fully saturated rings. The van der Waals surface area contributed by atoms with Crippen molar-refractivity contribution >= 4 is 21.8 Å². The highest BCUT2D eigenvalue weighted by atomic mass is 15.0. The molecule has 4 heteroatoms. The lowest BCUT2D eigenvalue weighted by atomic mass is 9.82. The van der Waals surface area contributed by atoms with E-state index in [4.69, 9.17) is 9.97 Å². The molecule has 2 heterocycles. The largest absolute Gasteiger partial charge is 0.309 e. The highest BCUT2D eigenvalue weighted by Crippen LogP contribution is 2.53. The maximum atomic E-state index is 9.87. The van der Waals surface area contributed by atoms with Crippen molar-refractivity contribution in [1.82, 2.24) is 14.5 Å². The summed E-state index contributed by atoms with van der Waals surface area (Å²) in [7, 11) is 0. The highest BCUT2D eigenvalue weighted by molar-refractivity contribution is 6.18. The quantitative estimate of drug-likeness (QED) is 0.181. The van der Waals surface area contributed by atoms with Crippen LogP contribution < -0.4 is 0 Å². The summed E-state index contributed by atoms with van der Waals surface area (Å²) in [5, 5.41) is 12.4. The van der Waals surface area contributed by atoms with Gasteiger partial charge < -0.3 is 4.57 Å². The van der Waals surface area contributed by atoms with Gasteiger partial charge in [-0.1, -0.05) is 135 Å². The van der Waals surface area contributed by atoms with Crippen LogP contribution in [0.25, 0.3) is 83.6 Å². The first-order valence-corrected chi connectivity index (χ1v) is 18.3. The molecular weight excluding hydrogens is 657 g/mol. The molecule has 4 nitrogen and oxygen atoms in total. The Morgan fingerprint density at radius 1 is 0.519 bits per heavy atom. The molecule has 254 valence electrons. The Bertz CT molecular complexity index is 2910. The lowest BCUT2D eigenvalue weighted by molar-refractivity contribution is 0.661. The molecule has 1 aliphatic carbocycles. The van der Waals surface area contributed by atoms with Crippen LogP contribution in [-0.4, -0.2) is 14.5 Å². The van der Waals surface area contributed by atoms with E-state index in [9.17, 15) is 5.26 Å². The molecule has 0 saturated carbocycles. The Labute approximate surface area is 314 Å². The number of benzene rings is 7. The van der Waals surface area contributed by atoms with Crippen molar-refractivity contribution in [3.63, 3.8) is 0 Å². The zero-order valence-corrected chi connectivity index (χ0v) is 30.0. The summed E-state index contributed by atoms with van der Waals surface area (Å²) >= 11 is 0. The van der Waals surface area contributed by atoms with Gasteiger partial charge in [0.25, 0.3) is 0 Å². The van der Waals surface area contributed by atoms with Crippen LogP contribution in [0.15, 0.2) is 170 Å². The second kappa shape index (κ2) is 12.3. The molecule has 0 bridgehead atoms. The van der Waals surface area contributed by atoms with Crippen molar-refractivity contribution in [1.29, 1.82) is 5.26 Å². The number of fused-ring (bicyclic) bond motifs is 7. The van der Waals surface area contributed by atoms with E-state index >= 15 is 0 Å². The molecule has 0 aliphatic heterocycles. The predicted octanol–water partition coefficient (Wildman–Crippen LogP) is 12.4. The van der Waals surface area contributed by atoms with Gasteiger partial charge in [-0.05, 0) is 81.9 Å². The highest BCUT2D eigenvalue weighted by Gasteiger charge is 2.37. The Hall–Kier alpha value is -7.09. The molecule has 0 unspecified atom stereocenters. The van der Waals surface area contributed by atoms with Crippen LogP contribution in [0.2, 0.25) is 0 Å². The fraction of sp³-hybridized carbons (Fsp3) is 0.0600. The Morgan fingerprint density at radius 2 is 1.19 bits per heavy atom. The average molecular weight is 691 g/mol. The van der Waals surface area contributed by atoms with E-state index in [2.05, 4.69) is 140 Å². The molecule has 0 N–H and O–H groups in total. The fourth-order valence-electron chi connectivity index (χ4n) is 8.42. The Morgan fingerprint density at radius 3 is 1.98 bits per heavy atom. The van der Waals surface area contributed by atoms with Crippen LogP contribution in [0.1, 0.15) is 30.5 Å². The maximum Gasteiger partial charge on any atom is 0.160 e. The molecule has 10 rings (SSSR count). The van der Waals surface area contributed by atoms with Gasteiger partial charge in [0.05, 0.1) is 34.1 Å². The first-order chi connectivity index (χ1) is 26.5. The van der Waals surface area contributed by atoms with E-state index in [1.165, 1.54) is 33.0 Å². The van der Waals surface area contributed by atoms with E-state index in [0.717, 1.165) is 55.9 Å². The van der Waals surface area contributed by atoms with Gasteiger partial charge in [0.15, 0.2) is 5.82 Å². The fourth-order valence-corrected chi connectivity index (χ4v) is 8.42. The van der Waals surface area contributed by atoms with Crippen molar-refractivity contribution < 1.29 is 0 Å². The van der Waals surface area contributed by atoms with E-state index < -0.39 is 0 Å². The molecule has 1 aliphatic rings. The normalized spacial score (nSPS) is 12.8. The zero-order chi connectivity index (χ0) is 36.4.